The number of halogens is 4. The molecule has 3 heterocycles. The number of ether oxygens (including phenoxy) is 1. The van der Waals surface area contributed by atoms with E-state index in [0.717, 1.165) is 0 Å². The van der Waals surface area contributed by atoms with Crippen molar-refractivity contribution in [1.29, 1.82) is 0 Å². The molecular weight excluding hydrogens is 453 g/mol. The van der Waals surface area contributed by atoms with Gasteiger partial charge in [0, 0.05) is 11.8 Å². The van der Waals surface area contributed by atoms with Gasteiger partial charge in [-0.2, -0.15) is 13.3 Å². The molecule has 0 saturated heterocycles. The number of anilines is 1. The number of benzene rings is 1. The maximum Gasteiger partial charge on any atom is 0.387 e. The molecule has 7 nitrogen and oxygen atoms in total. The summed E-state index contributed by atoms with van der Waals surface area (Å²) < 4.78 is 44.7. The van der Waals surface area contributed by atoms with Crippen LogP contribution in [-0.4, -0.2) is 31.2 Å². The van der Waals surface area contributed by atoms with Gasteiger partial charge in [-0.25, -0.2) is 14.4 Å². The molecule has 0 spiro atoms. The Hall–Kier alpha value is -3.21. The Kier molecular flexibility index (Phi) is 5.05. The predicted octanol–water partition coefficient (Wildman–Crippen LogP) is 3.86. The van der Waals surface area contributed by atoms with Gasteiger partial charge in [-0.3, -0.25) is 4.98 Å². The molecule has 0 unspecified atom stereocenters. The molecule has 4 rings (SSSR count). The molecule has 2 N–H and O–H groups in total. The highest BCUT2D eigenvalue weighted by Crippen LogP contribution is 2.31. The number of rotatable bonds is 5. The Labute approximate surface area is 170 Å². The van der Waals surface area contributed by atoms with Crippen LogP contribution in [0, 0.1) is 5.82 Å². The van der Waals surface area contributed by atoms with E-state index < -0.39 is 6.61 Å². The summed E-state index contributed by atoms with van der Waals surface area (Å²) in [5, 5.41) is 4.28. The molecule has 0 aliphatic carbocycles. The third-order valence-electron chi connectivity index (χ3n) is 4.01. The second-order valence-corrected chi connectivity index (χ2v) is 6.70. The maximum atomic E-state index is 13.2. The van der Waals surface area contributed by atoms with E-state index in [0.29, 0.717) is 21.4 Å². The normalized spacial score (nSPS) is 11.3. The van der Waals surface area contributed by atoms with Crippen molar-refractivity contribution in [1.82, 2.24) is 24.6 Å². The van der Waals surface area contributed by atoms with E-state index in [1.165, 1.54) is 35.0 Å². The van der Waals surface area contributed by atoms with Gasteiger partial charge < -0.3 is 10.5 Å². The number of fused-ring (bicyclic) bond motifs is 1. The number of nitrogens with two attached hydrogens (primary N) is 1. The lowest BCUT2D eigenvalue weighted by molar-refractivity contribution is -0.0506. The minimum Gasteiger partial charge on any atom is -0.433 e. The van der Waals surface area contributed by atoms with Crippen LogP contribution in [0.25, 0.3) is 16.9 Å². The van der Waals surface area contributed by atoms with E-state index in [2.05, 4.69) is 40.7 Å². The lowest BCUT2D eigenvalue weighted by atomic mass is 10.1. The van der Waals surface area contributed by atoms with Crippen molar-refractivity contribution < 1.29 is 17.9 Å². The third-order valence-corrected chi connectivity index (χ3v) is 4.74. The zero-order valence-corrected chi connectivity index (χ0v) is 16.1. The van der Waals surface area contributed by atoms with Crippen molar-refractivity contribution in [3.05, 3.63) is 64.4 Å². The van der Waals surface area contributed by atoms with Crippen LogP contribution in [0.15, 0.2) is 47.1 Å². The molecule has 0 radical (unpaired) electrons. The first-order valence-electron chi connectivity index (χ1n) is 8.27. The summed E-state index contributed by atoms with van der Waals surface area (Å²) in [6, 6.07) is 8.64. The van der Waals surface area contributed by atoms with E-state index in [1.807, 2.05) is 0 Å². The maximum absolute atomic E-state index is 13.2. The number of nitrogen functional groups attached to an aromatic ring is 1. The standard InChI is InChI=1S/C18H12BrF3N6O/c19-14-15(9-3-5-10(20)6-4-9)26-18(23)28-16(14)25-13(27-28)8-11-12(29-17(21)22)2-1-7-24-11/h1-7,17H,8H2,(H2,23,26). The molecule has 148 valence electrons. The first-order valence-corrected chi connectivity index (χ1v) is 9.07. The van der Waals surface area contributed by atoms with E-state index in [-0.39, 0.29) is 35.5 Å². The summed E-state index contributed by atoms with van der Waals surface area (Å²) in [6.45, 7) is -2.97. The summed E-state index contributed by atoms with van der Waals surface area (Å²) in [6.07, 6.45) is 1.50. The summed E-state index contributed by atoms with van der Waals surface area (Å²) >= 11 is 3.44. The van der Waals surface area contributed by atoms with E-state index in [9.17, 15) is 13.2 Å². The molecule has 0 amide bonds. The van der Waals surface area contributed by atoms with Crippen molar-refractivity contribution in [3.63, 3.8) is 0 Å². The number of hydrogen-bond acceptors (Lipinski definition) is 6. The largest absolute Gasteiger partial charge is 0.433 e. The Morgan fingerprint density at radius 2 is 1.90 bits per heavy atom. The lowest BCUT2D eigenvalue weighted by Gasteiger charge is -2.07. The monoisotopic (exact) mass is 464 g/mol. The van der Waals surface area contributed by atoms with Crippen molar-refractivity contribution in [2.45, 2.75) is 13.0 Å². The summed E-state index contributed by atoms with van der Waals surface area (Å²) in [7, 11) is 0. The number of hydrogen-bond donors (Lipinski definition) is 1. The SMILES string of the molecule is Nc1nc(-c2ccc(F)cc2)c(Br)c2nc(Cc3ncccc3OC(F)F)nn12. The Bertz CT molecular complexity index is 1180. The Morgan fingerprint density at radius 3 is 2.62 bits per heavy atom. The average Bonchev–Trinajstić information content (AvgIpc) is 3.11. The van der Waals surface area contributed by atoms with Crippen LogP contribution in [-0.2, 0) is 6.42 Å². The second kappa shape index (κ2) is 7.66. The van der Waals surface area contributed by atoms with Gasteiger partial charge in [-0.1, -0.05) is 0 Å². The van der Waals surface area contributed by atoms with Gasteiger partial charge in [0.25, 0.3) is 0 Å². The third kappa shape index (κ3) is 3.86. The van der Waals surface area contributed by atoms with Crippen molar-refractivity contribution in [2.75, 3.05) is 5.73 Å². The molecule has 0 fully saturated rings. The van der Waals surface area contributed by atoms with Crippen LogP contribution in [0.2, 0.25) is 0 Å². The lowest BCUT2D eigenvalue weighted by Crippen LogP contribution is -2.07. The van der Waals surface area contributed by atoms with Crippen molar-refractivity contribution in [2.24, 2.45) is 0 Å². The van der Waals surface area contributed by atoms with Crippen LogP contribution in [0.3, 0.4) is 0 Å². The molecule has 0 saturated carbocycles. The Balaban J connectivity index is 1.75. The highest BCUT2D eigenvalue weighted by atomic mass is 79.9. The van der Waals surface area contributed by atoms with Gasteiger partial charge in [0.1, 0.15) is 11.6 Å². The molecule has 4 aromatic rings. The topological polar surface area (TPSA) is 91.2 Å². The van der Waals surface area contributed by atoms with Gasteiger partial charge in [-0.05, 0) is 52.3 Å². The van der Waals surface area contributed by atoms with Gasteiger partial charge >= 0.3 is 6.61 Å². The molecule has 0 aliphatic rings. The minimum absolute atomic E-state index is 0.0440. The van der Waals surface area contributed by atoms with Crippen LogP contribution >= 0.6 is 15.9 Å². The van der Waals surface area contributed by atoms with Gasteiger partial charge in [-0.15, -0.1) is 5.10 Å². The summed E-state index contributed by atoms with van der Waals surface area (Å²) in [5.74, 6) is -0.0842. The van der Waals surface area contributed by atoms with Crippen LogP contribution in [0.4, 0.5) is 19.1 Å². The van der Waals surface area contributed by atoms with Gasteiger partial charge in [0.05, 0.1) is 22.3 Å². The number of alkyl halides is 2. The first kappa shape index (κ1) is 19.1. The molecule has 3 aromatic heterocycles. The van der Waals surface area contributed by atoms with Gasteiger partial charge in [0.2, 0.25) is 5.95 Å². The van der Waals surface area contributed by atoms with Crippen LogP contribution in [0.1, 0.15) is 11.5 Å². The van der Waals surface area contributed by atoms with Crippen LogP contribution in [0.5, 0.6) is 5.75 Å². The predicted molar refractivity (Wildman–Crippen MR) is 102 cm³/mol. The second-order valence-electron chi connectivity index (χ2n) is 5.91. The van der Waals surface area contributed by atoms with Gasteiger partial charge in [0.15, 0.2) is 11.5 Å². The molecule has 0 atom stereocenters. The minimum atomic E-state index is -2.97. The molecule has 1 aromatic carbocycles. The summed E-state index contributed by atoms with van der Waals surface area (Å²) in [4.78, 5) is 12.8. The average molecular weight is 465 g/mol. The van der Waals surface area contributed by atoms with Crippen molar-refractivity contribution >= 4 is 27.5 Å². The summed E-state index contributed by atoms with van der Waals surface area (Å²) in [5.41, 5.74) is 7.74. The zero-order valence-electron chi connectivity index (χ0n) is 14.6. The molecule has 29 heavy (non-hydrogen) atoms. The fourth-order valence-electron chi connectivity index (χ4n) is 2.76. The molecule has 11 heteroatoms. The fourth-order valence-corrected chi connectivity index (χ4v) is 3.33. The number of aromatic nitrogens is 5. The van der Waals surface area contributed by atoms with Crippen molar-refractivity contribution in [3.8, 4) is 17.0 Å². The molecule has 0 bridgehead atoms. The van der Waals surface area contributed by atoms with E-state index in [4.69, 9.17) is 5.73 Å². The Morgan fingerprint density at radius 1 is 1.14 bits per heavy atom. The zero-order chi connectivity index (χ0) is 20.5. The van der Waals surface area contributed by atoms with Crippen LogP contribution < -0.4 is 10.5 Å². The quantitative estimate of drug-likeness (QED) is 0.482. The number of nitrogens with zero attached hydrogens (tertiary/aromatic N) is 5. The smallest absolute Gasteiger partial charge is 0.387 e. The fraction of sp³-hybridized carbons (Fsp3) is 0.111. The van der Waals surface area contributed by atoms with E-state index in [1.54, 1.807) is 12.1 Å². The van der Waals surface area contributed by atoms with E-state index >= 15 is 0 Å². The molecule has 0 aliphatic heterocycles. The molecular formula is C18H12BrF3N6O. The number of pyridine rings is 1. The highest BCUT2D eigenvalue weighted by Gasteiger charge is 2.18. The first-order chi connectivity index (χ1) is 13.9. The highest BCUT2D eigenvalue weighted by molar-refractivity contribution is 9.10.